The lowest BCUT2D eigenvalue weighted by molar-refractivity contribution is -0.116. The Bertz CT molecular complexity index is 962. The first kappa shape index (κ1) is 17.9. The Morgan fingerprint density at radius 3 is 2.85 bits per heavy atom. The number of rotatable bonds is 4. The zero-order chi connectivity index (χ0) is 19.0. The van der Waals surface area contributed by atoms with E-state index in [1.807, 2.05) is 6.07 Å². The Morgan fingerprint density at radius 1 is 1.26 bits per heavy atom. The van der Waals surface area contributed by atoms with Crippen molar-refractivity contribution >= 4 is 21.6 Å². The minimum absolute atomic E-state index is 0.0284. The molecule has 1 saturated heterocycles. The largest absolute Gasteiger partial charge is 0.487 e. The number of hydrogen-bond donors (Lipinski definition) is 0. The summed E-state index contributed by atoms with van der Waals surface area (Å²) in [5.41, 5.74) is 1.70. The second kappa shape index (κ2) is 6.94. The van der Waals surface area contributed by atoms with Crippen molar-refractivity contribution in [2.45, 2.75) is 30.8 Å². The highest BCUT2D eigenvalue weighted by Gasteiger charge is 2.34. The summed E-state index contributed by atoms with van der Waals surface area (Å²) in [6.07, 6.45) is 4.41. The van der Waals surface area contributed by atoms with Gasteiger partial charge in [-0.25, -0.2) is 8.42 Å². The molecule has 0 bridgehead atoms. The Balaban J connectivity index is 1.50. The molecule has 4 rings (SSSR count). The van der Waals surface area contributed by atoms with Crippen LogP contribution in [0.2, 0.25) is 0 Å². The average Bonchev–Trinajstić information content (AvgIpc) is 3.29. The molecule has 0 N–H and O–H groups in total. The monoisotopic (exact) mass is 387 g/mol. The van der Waals surface area contributed by atoms with Gasteiger partial charge in [-0.15, -0.1) is 0 Å². The van der Waals surface area contributed by atoms with Crippen molar-refractivity contribution in [1.29, 1.82) is 0 Å². The van der Waals surface area contributed by atoms with Crippen LogP contribution in [0.15, 0.2) is 47.6 Å². The van der Waals surface area contributed by atoms with Crippen LogP contribution in [0.1, 0.15) is 18.9 Å². The predicted octanol–water partition coefficient (Wildman–Crippen LogP) is 1.83. The highest BCUT2D eigenvalue weighted by Crippen LogP contribution is 2.32. The predicted molar refractivity (Wildman–Crippen MR) is 100 cm³/mol. The Kier molecular flexibility index (Phi) is 4.61. The van der Waals surface area contributed by atoms with E-state index in [2.05, 4.69) is 4.98 Å². The molecular formula is C19H21N3O4S. The van der Waals surface area contributed by atoms with E-state index in [1.165, 1.54) is 11.2 Å². The Morgan fingerprint density at radius 2 is 2.11 bits per heavy atom. The standard InChI is InChI=1S/C19H21N3O4S/c1-14(23)22-10-6-15-11-18(4-5-19(15)22)27(24,25)21-9-7-17(13-21)26-16-3-2-8-20-12-16/h2-5,8,11-12,17H,6-7,9-10,13H2,1H3/t17-/m1/s1. The topological polar surface area (TPSA) is 79.8 Å². The van der Waals surface area contributed by atoms with E-state index in [9.17, 15) is 13.2 Å². The van der Waals surface area contributed by atoms with E-state index in [4.69, 9.17) is 4.74 Å². The molecule has 1 fully saturated rings. The molecule has 2 aliphatic rings. The minimum atomic E-state index is -3.59. The van der Waals surface area contributed by atoms with Gasteiger partial charge in [-0.2, -0.15) is 4.31 Å². The number of aromatic nitrogens is 1. The minimum Gasteiger partial charge on any atom is -0.487 e. The lowest BCUT2D eigenvalue weighted by Crippen LogP contribution is -2.31. The Hall–Kier alpha value is -2.45. The van der Waals surface area contributed by atoms with Crippen LogP contribution in [-0.2, 0) is 21.2 Å². The number of sulfonamides is 1. The summed E-state index contributed by atoms with van der Waals surface area (Å²) in [7, 11) is -3.59. The van der Waals surface area contributed by atoms with Crippen LogP contribution in [0.4, 0.5) is 5.69 Å². The molecule has 0 saturated carbocycles. The van der Waals surface area contributed by atoms with Gasteiger partial charge < -0.3 is 9.64 Å². The first-order valence-electron chi connectivity index (χ1n) is 8.93. The lowest BCUT2D eigenvalue weighted by atomic mass is 10.2. The molecule has 7 nitrogen and oxygen atoms in total. The van der Waals surface area contributed by atoms with Crippen LogP contribution in [0.5, 0.6) is 5.75 Å². The van der Waals surface area contributed by atoms with Crippen molar-refractivity contribution in [3.63, 3.8) is 0 Å². The molecule has 27 heavy (non-hydrogen) atoms. The van der Waals surface area contributed by atoms with Gasteiger partial charge in [-0.3, -0.25) is 9.78 Å². The fraction of sp³-hybridized carbons (Fsp3) is 0.368. The molecule has 0 spiro atoms. The number of carbonyl (C=O) groups is 1. The molecule has 0 radical (unpaired) electrons. The normalized spacial score (nSPS) is 19.9. The van der Waals surface area contributed by atoms with Gasteiger partial charge in [0.1, 0.15) is 11.9 Å². The van der Waals surface area contributed by atoms with Crippen LogP contribution in [0.25, 0.3) is 0 Å². The molecule has 3 heterocycles. The third-order valence-electron chi connectivity index (χ3n) is 5.01. The molecule has 1 amide bonds. The smallest absolute Gasteiger partial charge is 0.243 e. The summed E-state index contributed by atoms with van der Waals surface area (Å²) >= 11 is 0. The van der Waals surface area contributed by atoms with Crippen LogP contribution in [-0.4, -0.2) is 49.4 Å². The molecule has 142 valence electrons. The third kappa shape index (κ3) is 3.42. The average molecular weight is 387 g/mol. The molecular weight excluding hydrogens is 366 g/mol. The summed E-state index contributed by atoms with van der Waals surface area (Å²) < 4.78 is 33.4. The summed E-state index contributed by atoms with van der Waals surface area (Å²) in [6.45, 7) is 2.85. The van der Waals surface area contributed by atoms with Crippen molar-refractivity contribution in [1.82, 2.24) is 9.29 Å². The van der Waals surface area contributed by atoms with Gasteiger partial charge in [0.25, 0.3) is 0 Å². The number of carbonyl (C=O) groups excluding carboxylic acids is 1. The molecule has 2 aliphatic heterocycles. The van der Waals surface area contributed by atoms with Crippen LogP contribution >= 0.6 is 0 Å². The fourth-order valence-corrected chi connectivity index (χ4v) is 5.17. The highest BCUT2D eigenvalue weighted by molar-refractivity contribution is 7.89. The van der Waals surface area contributed by atoms with Gasteiger partial charge in [0, 0.05) is 31.9 Å². The number of hydrogen-bond acceptors (Lipinski definition) is 5. The quantitative estimate of drug-likeness (QED) is 0.800. The van der Waals surface area contributed by atoms with Gasteiger partial charge in [0.05, 0.1) is 17.6 Å². The summed E-state index contributed by atoms with van der Waals surface area (Å²) in [5.74, 6) is 0.614. The number of nitrogens with zero attached hydrogens (tertiary/aromatic N) is 3. The van der Waals surface area contributed by atoms with Crippen LogP contribution < -0.4 is 9.64 Å². The highest BCUT2D eigenvalue weighted by atomic mass is 32.2. The van der Waals surface area contributed by atoms with E-state index in [0.29, 0.717) is 38.2 Å². The number of amides is 1. The lowest BCUT2D eigenvalue weighted by Gasteiger charge is -2.18. The fourth-order valence-electron chi connectivity index (χ4n) is 3.64. The van der Waals surface area contributed by atoms with Gasteiger partial charge in [-0.1, -0.05) is 0 Å². The van der Waals surface area contributed by atoms with Gasteiger partial charge in [0.15, 0.2) is 0 Å². The van der Waals surface area contributed by atoms with Crippen LogP contribution in [0, 0.1) is 0 Å². The van der Waals surface area contributed by atoms with Crippen molar-refractivity contribution in [3.05, 3.63) is 48.3 Å². The molecule has 1 atom stereocenters. The maximum absolute atomic E-state index is 13.0. The van der Waals surface area contributed by atoms with E-state index >= 15 is 0 Å². The molecule has 1 aromatic carbocycles. The Labute approximate surface area is 158 Å². The van der Waals surface area contributed by atoms with Gasteiger partial charge in [-0.05, 0) is 48.7 Å². The molecule has 0 unspecified atom stereocenters. The van der Waals surface area contributed by atoms with Gasteiger partial charge in [0.2, 0.25) is 15.9 Å². The molecule has 2 aromatic rings. The van der Waals surface area contributed by atoms with E-state index in [-0.39, 0.29) is 16.9 Å². The maximum Gasteiger partial charge on any atom is 0.243 e. The first-order chi connectivity index (χ1) is 12.9. The zero-order valence-electron chi connectivity index (χ0n) is 15.0. The molecule has 0 aliphatic carbocycles. The number of benzene rings is 1. The second-order valence-corrected chi connectivity index (χ2v) is 8.73. The van der Waals surface area contributed by atoms with Crippen molar-refractivity contribution in [2.24, 2.45) is 0 Å². The first-order valence-corrected chi connectivity index (χ1v) is 10.4. The second-order valence-electron chi connectivity index (χ2n) is 6.79. The van der Waals surface area contributed by atoms with Gasteiger partial charge >= 0.3 is 0 Å². The molecule has 8 heteroatoms. The molecule has 1 aromatic heterocycles. The van der Waals surface area contributed by atoms with Crippen molar-refractivity contribution < 1.29 is 17.9 Å². The number of anilines is 1. The third-order valence-corrected chi connectivity index (χ3v) is 6.87. The summed E-state index contributed by atoms with van der Waals surface area (Å²) in [6, 6.07) is 8.61. The number of ether oxygens (including phenoxy) is 1. The SMILES string of the molecule is CC(=O)N1CCc2cc(S(=O)(=O)N3CC[C@@H](Oc4cccnc4)C3)ccc21. The van der Waals surface area contributed by atoms with E-state index in [0.717, 1.165) is 11.3 Å². The number of pyridine rings is 1. The zero-order valence-corrected chi connectivity index (χ0v) is 15.9. The summed E-state index contributed by atoms with van der Waals surface area (Å²) in [5, 5.41) is 0. The van der Waals surface area contributed by atoms with Crippen molar-refractivity contribution in [3.8, 4) is 5.75 Å². The van der Waals surface area contributed by atoms with Crippen LogP contribution in [0.3, 0.4) is 0 Å². The van der Waals surface area contributed by atoms with E-state index in [1.54, 1.807) is 41.6 Å². The van der Waals surface area contributed by atoms with E-state index < -0.39 is 10.0 Å². The maximum atomic E-state index is 13.0. The summed E-state index contributed by atoms with van der Waals surface area (Å²) in [4.78, 5) is 17.6. The number of fused-ring (bicyclic) bond motifs is 1. The van der Waals surface area contributed by atoms with Crippen molar-refractivity contribution in [2.75, 3.05) is 24.5 Å².